The summed E-state index contributed by atoms with van der Waals surface area (Å²) in [6.45, 7) is 1.97. The predicted octanol–water partition coefficient (Wildman–Crippen LogP) is 3.69. The van der Waals surface area contributed by atoms with Gasteiger partial charge in [-0.1, -0.05) is 31.9 Å². The minimum atomic E-state index is -0.307. The third-order valence-electron chi connectivity index (χ3n) is 1.85. The first kappa shape index (κ1) is 11.7. The second-order valence-corrected chi connectivity index (χ2v) is 5.13. The van der Waals surface area contributed by atoms with Crippen LogP contribution in [0.4, 0.5) is 0 Å². The molecule has 1 unspecified atom stereocenters. The van der Waals surface area contributed by atoms with E-state index in [1.54, 1.807) is 6.07 Å². The Hall–Kier alpha value is -0.350. The average Bonchev–Trinajstić information content (AvgIpc) is 2.16. The summed E-state index contributed by atoms with van der Waals surface area (Å²) in [7, 11) is 1.38. The van der Waals surface area contributed by atoms with E-state index in [0.717, 1.165) is 10.0 Å². The van der Waals surface area contributed by atoms with Crippen LogP contribution in [0.25, 0.3) is 0 Å². The monoisotopic (exact) mass is 320 g/mol. The van der Waals surface area contributed by atoms with Crippen LogP contribution in [0.5, 0.6) is 0 Å². The molecule has 0 bridgehead atoms. The largest absolute Gasteiger partial charge is 0.465 e. The van der Waals surface area contributed by atoms with Crippen molar-refractivity contribution in [3.05, 3.63) is 33.8 Å². The highest BCUT2D eigenvalue weighted by atomic mass is 79.9. The van der Waals surface area contributed by atoms with Gasteiger partial charge in [0.25, 0.3) is 0 Å². The molecule has 0 spiro atoms. The number of rotatable bonds is 2. The van der Waals surface area contributed by atoms with Gasteiger partial charge in [-0.2, -0.15) is 0 Å². The van der Waals surface area contributed by atoms with Crippen molar-refractivity contribution >= 4 is 37.8 Å². The van der Waals surface area contributed by atoms with Crippen molar-refractivity contribution in [3.63, 3.8) is 0 Å². The number of methoxy groups -OCH3 is 1. The normalized spacial score (nSPS) is 12.3. The Morgan fingerprint density at radius 3 is 2.64 bits per heavy atom. The first-order chi connectivity index (χ1) is 6.56. The Kier molecular flexibility index (Phi) is 4.13. The maximum absolute atomic E-state index is 11.4. The molecule has 0 saturated carbocycles. The van der Waals surface area contributed by atoms with Crippen LogP contribution in [0.1, 0.15) is 27.7 Å². The molecule has 0 saturated heterocycles. The second kappa shape index (κ2) is 4.94. The lowest BCUT2D eigenvalue weighted by atomic mass is 10.1. The fourth-order valence-corrected chi connectivity index (χ4v) is 1.92. The van der Waals surface area contributed by atoms with Gasteiger partial charge in [0.05, 0.1) is 12.7 Å². The maximum atomic E-state index is 11.4. The lowest BCUT2D eigenvalue weighted by molar-refractivity contribution is 0.0599. The first-order valence-corrected chi connectivity index (χ1v) is 5.79. The molecule has 0 fully saturated rings. The van der Waals surface area contributed by atoms with Crippen LogP contribution < -0.4 is 0 Å². The average molecular weight is 322 g/mol. The summed E-state index contributed by atoms with van der Waals surface area (Å²) in [5, 5.41) is 0. The minimum Gasteiger partial charge on any atom is -0.465 e. The van der Waals surface area contributed by atoms with E-state index in [1.165, 1.54) is 7.11 Å². The number of ether oxygens (including phenoxy) is 1. The fraction of sp³-hybridized carbons (Fsp3) is 0.300. The van der Waals surface area contributed by atoms with E-state index in [2.05, 4.69) is 31.9 Å². The molecule has 0 amide bonds. The number of hydrogen-bond donors (Lipinski definition) is 0. The molecule has 2 nitrogen and oxygen atoms in total. The molecule has 1 aromatic rings. The fourth-order valence-electron chi connectivity index (χ4n) is 1.16. The summed E-state index contributed by atoms with van der Waals surface area (Å²) >= 11 is 6.80. The number of alkyl halides is 1. The zero-order valence-corrected chi connectivity index (χ0v) is 11.1. The van der Waals surface area contributed by atoms with E-state index in [9.17, 15) is 4.79 Å². The second-order valence-electron chi connectivity index (χ2n) is 2.84. The molecule has 4 heteroatoms. The summed E-state index contributed by atoms with van der Waals surface area (Å²) in [6, 6.07) is 5.49. The van der Waals surface area contributed by atoms with Crippen molar-refractivity contribution in [1.82, 2.24) is 0 Å². The Bertz CT molecular complexity index is 348. The molecule has 0 aliphatic carbocycles. The van der Waals surface area contributed by atoms with Crippen molar-refractivity contribution in [3.8, 4) is 0 Å². The van der Waals surface area contributed by atoms with E-state index in [-0.39, 0.29) is 10.8 Å². The van der Waals surface area contributed by atoms with Crippen molar-refractivity contribution in [2.24, 2.45) is 0 Å². The molecule has 1 atom stereocenters. The maximum Gasteiger partial charge on any atom is 0.338 e. The highest BCUT2D eigenvalue weighted by Crippen LogP contribution is 2.28. The van der Waals surface area contributed by atoms with E-state index >= 15 is 0 Å². The zero-order chi connectivity index (χ0) is 10.7. The summed E-state index contributed by atoms with van der Waals surface area (Å²) in [6.07, 6.45) is 0. The van der Waals surface area contributed by atoms with Crippen molar-refractivity contribution < 1.29 is 9.53 Å². The van der Waals surface area contributed by atoms with E-state index in [1.807, 2.05) is 19.1 Å². The Morgan fingerprint density at radius 2 is 2.14 bits per heavy atom. The number of hydrogen-bond acceptors (Lipinski definition) is 2. The molecule has 0 aliphatic heterocycles. The zero-order valence-electron chi connectivity index (χ0n) is 7.88. The lowest BCUT2D eigenvalue weighted by Gasteiger charge is -2.10. The quantitative estimate of drug-likeness (QED) is 0.613. The van der Waals surface area contributed by atoms with Gasteiger partial charge >= 0.3 is 5.97 Å². The smallest absolute Gasteiger partial charge is 0.338 e. The highest BCUT2D eigenvalue weighted by molar-refractivity contribution is 9.10. The third-order valence-corrected chi connectivity index (χ3v) is 2.83. The summed E-state index contributed by atoms with van der Waals surface area (Å²) < 4.78 is 5.64. The standard InChI is InChI=1S/C10H10Br2O2/c1-6(11)9-5-7(12)3-4-8(9)10(13)14-2/h3-6H,1-2H3. The number of carbonyl (C=O) groups is 1. The summed E-state index contributed by atoms with van der Waals surface area (Å²) in [4.78, 5) is 11.5. The highest BCUT2D eigenvalue weighted by Gasteiger charge is 2.14. The van der Waals surface area contributed by atoms with Crippen molar-refractivity contribution in [1.29, 1.82) is 0 Å². The van der Waals surface area contributed by atoms with Gasteiger partial charge in [0.1, 0.15) is 0 Å². The van der Waals surface area contributed by atoms with Gasteiger partial charge in [-0.05, 0) is 30.7 Å². The van der Waals surface area contributed by atoms with Gasteiger partial charge in [-0.25, -0.2) is 4.79 Å². The van der Waals surface area contributed by atoms with Crippen LogP contribution in [0, 0.1) is 0 Å². The molecule has 1 aromatic carbocycles. The van der Waals surface area contributed by atoms with Gasteiger partial charge in [-0.3, -0.25) is 0 Å². The lowest BCUT2D eigenvalue weighted by Crippen LogP contribution is -2.05. The number of esters is 1. The topological polar surface area (TPSA) is 26.3 Å². The minimum absolute atomic E-state index is 0.120. The molecular formula is C10H10Br2O2. The van der Waals surface area contributed by atoms with Crippen molar-refractivity contribution in [2.75, 3.05) is 7.11 Å². The number of halogens is 2. The molecular weight excluding hydrogens is 312 g/mol. The predicted molar refractivity (Wildman–Crippen MR) is 62.8 cm³/mol. The van der Waals surface area contributed by atoms with Gasteiger partial charge in [0, 0.05) is 9.30 Å². The molecule has 0 aliphatic rings. The molecule has 0 aromatic heterocycles. The van der Waals surface area contributed by atoms with Gasteiger partial charge in [0.15, 0.2) is 0 Å². The molecule has 0 N–H and O–H groups in total. The van der Waals surface area contributed by atoms with Crippen LogP contribution in [0.3, 0.4) is 0 Å². The van der Waals surface area contributed by atoms with Crippen LogP contribution in [-0.2, 0) is 4.74 Å². The molecule has 0 radical (unpaired) electrons. The molecule has 1 rings (SSSR count). The summed E-state index contributed by atoms with van der Waals surface area (Å²) in [5.41, 5.74) is 1.52. The Labute approximate surface area is 99.9 Å². The van der Waals surface area contributed by atoms with Crippen LogP contribution >= 0.6 is 31.9 Å². The molecule has 0 heterocycles. The van der Waals surface area contributed by atoms with Crippen LogP contribution in [0.15, 0.2) is 22.7 Å². The third kappa shape index (κ3) is 2.58. The van der Waals surface area contributed by atoms with Gasteiger partial charge in [0.2, 0.25) is 0 Å². The Balaban J connectivity index is 3.21. The van der Waals surface area contributed by atoms with E-state index in [0.29, 0.717) is 5.56 Å². The van der Waals surface area contributed by atoms with Crippen LogP contribution in [0.2, 0.25) is 0 Å². The first-order valence-electron chi connectivity index (χ1n) is 4.08. The SMILES string of the molecule is COC(=O)c1ccc(Br)cc1C(C)Br. The van der Waals surface area contributed by atoms with Crippen molar-refractivity contribution in [2.45, 2.75) is 11.8 Å². The van der Waals surface area contributed by atoms with E-state index in [4.69, 9.17) is 4.74 Å². The number of carbonyl (C=O) groups excluding carboxylic acids is 1. The van der Waals surface area contributed by atoms with Crippen LogP contribution in [-0.4, -0.2) is 13.1 Å². The summed E-state index contributed by atoms with van der Waals surface area (Å²) in [5.74, 6) is -0.307. The molecule has 76 valence electrons. The van der Waals surface area contributed by atoms with E-state index < -0.39 is 0 Å². The van der Waals surface area contributed by atoms with Gasteiger partial charge < -0.3 is 4.74 Å². The van der Waals surface area contributed by atoms with Gasteiger partial charge in [-0.15, -0.1) is 0 Å². The number of benzene rings is 1. The Morgan fingerprint density at radius 1 is 1.50 bits per heavy atom. The molecule has 14 heavy (non-hydrogen) atoms.